The Labute approximate surface area is 91.8 Å². The second-order valence-electron chi connectivity index (χ2n) is 3.98. The number of carbonyl (C=O) groups excluding carboxylic acids is 1. The van der Waals surface area contributed by atoms with E-state index < -0.39 is 5.54 Å². The first kappa shape index (κ1) is 12.5. The van der Waals surface area contributed by atoms with Gasteiger partial charge in [0.05, 0.1) is 6.61 Å². The smallest absolute Gasteiger partial charge is 0.326 e. The molecule has 0 aromatic carbocycles. The minimum absolute atomic E-state index is 0.0834. The summed E-state index contributed by atoms with van der Waals surface area (Å²) >= 11 is 0. The first-order valence-electron chi connectivity index (χ1n) is 5.88. The van der Waals surface area contributed by atoms with Gasteiger partial charge in [0.25, 0.3) is 0 Å². The first-order chi connectivity index (χ1) is 7.25. The molecular formula is C11H22N2O2. The van der Waals surface area contributed by atoms with Gasteiger partial charge in [-0.15, -0.1) is 0 Å². The van der Waals surface area contributed by atoms with Crippen LogP contribution in [0, 0.1) is 0 Å². The average Bonchev–Trinajstić information content (AvgIpc) is 2.28. The average molecular weight is 214 g/mol. The van der Waals surface area contributed by atoms with Crippen molar-refractivity contribution < 1.29 is 9.53 Å². The van der Waals surface area contributed by atoms with Gasteiger partial charge in [0, 0.05) is 0 Å². The van der Waals surface area contributed by atoms with Crippen LogP contribution in [0.4, 0.5) is 0 Å². The Balaban J connectivity index is 2.61. The van der Waals surface area contributed by atoms with Crippen LogP contribution in [0.25, 0.3) is 0 Å². The van der Waals surface area contributed by atoms with Crippen LogP contribution >= 0.6 is 0 Å². The van der Waals surface area contributed by atoms with Gasteiger partial charge in [-0.05, 0) is 45.8 Å². The van der Waals surface area contributed by atoms with Crippen LogP contribution in [-0.2, 0) is 9.53 Å². The van der Waals surface area contributed by atoms with E-state index in [0.29, 0.717) is 6.61 Å². The quantitative estimate of drug-likeness (QED) is 0.661. The number of hydrogen-bond donors (Lipinski definition) is 2. The zero-order valence-corrected chi connectivity index (χ0v) is 9.77. The summed E-state index contributed by atoms with van der Waals surface area (Å²) in [5.41, 5.74) is -0.433. The normalized spacial score (nSPS) is 19.9. The summed E-state index contributed by atoms with van der Waals surface area (Å²) in [7, 11) is 0. The number of ether oxygens (including phenoxy) is 1. The largest absolute Gasteiger partial charge is 0.465 e. The number of rotatable bonds is 5. The lowest BCUT2D eigenvalue weighted by molar-refractivity contribution is -0.152. The highest BCUT2D eigenvalue weighted by atomic mass is 16.5. The summed E-state index contributed by atoms with van der Waals surface area (Å²) in [6, 6.07) is 0. The van der Waals surface area contributed by atoms with E-state index in [1.165, 1.54) is 0 Å². The second kappa shape index (κ2) is 6.08. The topological polar surface area (TPSA) is 50.4 Å². The van der Waals surface area contributed by atoms with Crippen molar-refractivity contribution >= 4 is 5.97 Å². The van der Waals surface area contributed by atoms with E-state index in [1.54, 1.807) is 0 Å². The fourth-order valence-electron chi connectivity index (χ4n) is 1.94. The van der Waals surface area contributed by atoms with Gasteiger partial charge in [-0.25, -0.2) is 0 Å². The molecule has 0 amide bonds. The maximum atomic E-state index is 11.9. The lowest BCUT2D eigenvalue weighted by Gasteiger charge is -2.36. The van der Waals surface area contributed by atoms with Gasteiger partial charge >= 0.3 is 5.97 Å². The minimum atomic E-state index is -0.433. The van der Waals surface area contributed by atoms with Crippen molar-refractivity contribution in [1.82, 2.24) is 10.6 Å². The molecule has 1 saturated heterocycles. The molecule has 88 valence electrons. The molecule has 1 heterocycles. The van der Waals surface area contributed by atoms with Crippen LogP contribution in [0.15, 0.2) is 0 Å². The van der Waals surface area contributed by atoms with Gasteiger partial charge in [0.1, 0.15) is 5.54 Å². The Bertz CT molecular complexity index is 201. The van der Waals surface area contributed by atoms with Gasteiger partial charge < -0.3 is 15.4 Å². The summed E-state index contributed by atoms with van der Waals surface area (Å²) in [6.45, 7) is 7.06. The monoisotopic (exact) mass is 214 g/mol. The van der Waals surface area contributed by atoms with Crippen molar-refractivity contribution in [3.8, 4) is 0 Å². The zero-order chi connectivity index (χ0) is 11.1. The molecule has 1 fully saturated rings. The van der Waals surface area contributed by atoms with Crippen LogP contribution in [-0.4, -0.2) is 37.7 Å². The minimum Gasteiger partial charge on any atom is -0.465 e. The number of carbonyl (C=O) groups is 1. The molecule has 0 atom stereocenters. The number of nitrogens with one attached hydrogen (secondary N) is 2. The van der Waals surface area contributed by atoms with Gasteiger partial charge in [0.15, 0.2) is 0 Å². The molecule has 4 nitrogen and oxygen atoms in total. The maximum absolute atomic E-state index is 11.9. The molecule has 2 N–H and O–H groups in total. The van der Waals surface area contributed by atoms with Gasteiger partial charge in [-0.1, -0.05) is 6.92 Å². The third-order valence-corrected chi connectivity index (χ3v) is 2.84. The lowest BCUT2D eigenvalue weighted by Crippen LogP contribution is -2.58. The van der Waals surface area contributed by atoms with Gasteiger partial charge in [-0.3, -0.25) is 4.79 Å². The van der Waals surface area contributed by atoms with E-state index in [9.17, 15) is 4.79 Å². The molecule has 0 unspecified atom stereocenters. The van der Waals surface area contributed by atoms with Crippen molar-refractivity contribution in [2.45, 2.75) is 38.6 Å². The van der Waals surface area contributed by atoms with Crippen molar-refractivity contribution in [1.29, 1.82) is 0 Å². The van der Waals surface area contributed by atoms with E-state index in [1.807, 2.05) is 6.92 Å². The van der Waals surface area contributed by atoms with Gasteiger partial charge in [-0.2, -0.15) is 0 Å². The van der Waals surface area contributed by atoms with Crippen LogP contribution in [0.2, 0.25) is 0 Å². The Hall–Kier alpha value is -0.610. The Morgan fingerprint density at radius 2 is 2.07 bits per heavy atom. The predicted octanol–water partition coefficient (Wildman–Crippen LogP) is 0.671. The molecule has 1 aliphatic rings. The highest BCUT2D eigenvalue weighted by Gasteiger charge is 2.40. The van der Waals surface area contributed by atoms with Gasteiger partial charge in [0.2, 0.25) is 0 Å². The summed E-state index contributed by atoms with van der Waals surface area (Å²) in [5.74, 6) is -0.0834. The highest BCUT2D eigenvalue weighted by molar-refractivity contribution is 5.81. The van der Waals surface area contributed by atoms with Crippen LogP contribution in [0.1, 0.15) is 33.1 Å². The summed E-state index contributed by atoms with van der Waals surface area (Å²) in [4.78, 5) is 11.9. The third-order valence-electron chi connectivity index (χ3n) is 2.84. The van der Waals surface area contributed by atoms with E-state index in [-0.39, 0.29) is 5.97 Å². The van der Waals surface area contributed by atoms with Crippen molar-refractivity contribution in [2.24, 2.45) is 0 Å². The summed E-state index contributed by atoms with van der Waals surface area (Å²) < 4.78 is 5.15. The fourth-order valence-corrected chi connectivity index (χ4v) is 1.94. The number of piperidine rings is 1. The summed E-state index contributed by atoms with van der Waals surface area (Å²) in [5, 5.41) is 6.62. The highest BCUT2D eigenvalue weighted by Crippen LogP contribution is 2.20. The molecule has 0 aromatic heterocycles. The number of hydrogen-bond acceptors (Lipinski definition) is 4. The van der Waals surface area contributed by atoms with E-state index in [4.69, 9.17) is 4.74 Å². The zero-order valence-electron chi connectivity index (χ0n) is 9.77. The molecule has 0 radical (unpaired) electrons. The molecule has 0 aliphatic carbocycles. The molecule has 1 rings (SSSR count). The Kier molecular flexibility index (Phi) is 5.05. The fraction of sp³-hybridized carbons (Fsp3) is 0.909. The van der Waals surface area contributed by atoms with Crippen molar-refractivity contribution in [2.75, 3.05) is 26.2 Å². The SMILES string of the molecule is CCCNC1(C(=O)OCC)CCNCC1. The number of esters is 1. The molecule has 0 bridgehead atoms. The molecule has 0 saturated carbocycles. The molecule has 4 heteroatoms. The second-order valence-corrected chi connectivity index (χ2v) is 3.98. The molecule has 15 heavy (non-hydrogen) atoms. The Morgan fingerprint density at radius 1 is 1.40 bits per heavy atom. The van der Waals surface area contributed by atoms with E-state index in [0.717, 1.165) is 38.9 Å². The first-order valence-corrected chi connectivity index (χ1v) is 5.88. The maximum Gasteiger partial charge on any atom is 0.326 e. The standard InChI is InChI=1S/C11H22N2O2/c1-3-7-13-11(10(14)15-4-2)5-8-12-9-6-11/h12-13H,3-9H2,1-2H3. The predicted molar refractivity (Wildman–Crippen MR) is 59.8 cm³/mol. The van der Waals surface area contributed by atoms with E-state index in [2.05, 4.69) is 17.6 Å². The molecule has 0 aromatic rings. The van der Waals surface area contributed by atoms with Crippen molar-refractivity contribution in [3.63, 3.8) is 0 Å². The van der Waals surface area contributed by atoms with Crippen LogP contribution in [0.5, 0.6) is 0 Å². The Morgan fingerprint density at radius 3 is 2.60 bits per heavy atom. The van der Waals surface area contributed by atoms with Crippen LogP contribution < -0.4 is 10.6 Å². The molecular weight excluding hydrogens is 192 g/mol. The van der Waals surface area contributed by atoms with Crippen molar-refractivity contribution in [3.05, 3.63) is 0 Å². The lowest BCUT2D eigenvalue weighted by atomic mass is 9.88. The summed E-state index contributed by atoms with van der Waals surface area (Å²) in [6.07, 6.45) is 2.69. The van der Waals surface area contributed by atoms with Crippen LogP contribution in [0.3, 0.4) is 0 Å². The molecule has 0 spiro atoms. The van der Waals surface area contributed by atoms with E-state index >= 15 is 0 Å². The third kappa shape index (κ3) is 3.18. The molecule has 1 aliphatic heterocycles.